The lowest BCUT2D eigenvalue weighted by Gasteiger charge is -2.17. The fraction of sp³-hybridized carbons (Fsp3) is 0.636. The Labute approximate surface area is 85.9 Å². The smallest absolute Gasteiger partial charge is 0.118 e. The molecule has 0 aromatic carbocycles. The van der Waals surface area contributed by atoms with Crippen LogP contribution in [-0.2, 0) is 13.1 Å². The summed E-state index contributed by atoms with van der Waals surface area (Å²) >= 11 is 0. The van der Waals surface area contributed by atoms with Crippen LogP contribution in [0.4, 0.5) is 0 Å². The Hall–Kier alpha value is -0.800. The van der Waals surface area contributed by atoms with E-state index in [4.69, 9.17) is 10.2 Å². The molecule has 0 atom stereocenters. The van der Waals surface area contributed by atoms with Gasteiger partial charge in [0.25, 0.3) is 0 Å². The summed E-state index contributed by atoms with van der Waals surface area (Å²) in [5, 5.41) is 0. The van der Waals surface area contributed by atoms with Crippen LogP contribution >= 0.6 is 0 Å². The maximum absolute atomic E-state index is 5.54. The Kier molecular flexibility index (Phi) is 4.70. The van der Waals surface area contributed by atoms with Crippen molar-refractivity contribution in [2.24, 2.45) is 5.73 Å². The van der Waals surface area contributed by atoms with Gasteiger partial charge in [0.1, 0.15) is 11.5 Å². The predicted octanol–water partition coefficient (Wildman–Crippen LogP) is 1.97. The van der Waals surface area contributed by atoms with E-state index in [1.54, 1.807) is 0 Å². The summed E-state index contributed by atoms with van der Waals surface area (Å²) in [6, 6.07) is 3.97. The van der Waals surface area contributed by atoms with Gasteiger partial charge in [0.15, 0.2) is 0 Å². The molecule has 0 bridgehead atoms. The SMILES string of the molecule is CCCN(CC)Cc1ccc(CN)o1. The minimum Gasteiger partial charge on any atom is -0.463 e. The van der Waals surface area contributed by atoms with Crippen LogP contribution < -0.4 is 5.73 Å². The summed E-state index contributed by atoms with van der Waals surface area (Å²) in [6.45, 7) is 7.92. The van der Waals surface area contributed by atoms with E-state index in [2.05, 4.69) is 18.7 Å². The Morgan fingerprint density at radius 1 is 1.29 bits per heavy atom. The summed E-state index contributed by atoms with van der Waals surface area (Å²) in [5.41, 5.74) is 5.48. The van der Waals surface area contributed by atoms with Gasteiger partial charge in [0, 0.05) is 0 Å². The van der Waals surface area contributed by atoms with Crippen molar-refractivity contribution in [3.05, 3.63) is 23.7 Å². The molecule has 0 saturated heterocycles. The van der Waals surface area contributed by atoms with E-state index < -0.39 is 0 Å². The molecule has 0 spiro atoms. The summed E-state index contributed by atoms with van der Waals surface area (Å²) in [7, 11) is 0. The zero-order valence-corrected chi connectivity index (χ0v) is 9.12. The molecule has 80 valence electrons. The Morgan fingerprint density at radius 3 is 2.50 bits per heavy atom. The first-order valence-electron chi connectivity index (χ1n) is 5.30. The van der Waals surface area contributed by atoms with Crippen LogP contribution in [0.1, 0.15) is 31.8 Å². The van der Waals surface area contributed by atoms with Gasteiger partial charge in [-0.1, -0.05) is 13.8 Å². The first-order chi connectivity index (χ1) is 6.80. The van der Waals surface area contributed by atoms with Gasteiger partial charge in [-0.3, -0.25) is 4.90 Å². The molecule has 0 aliphatic rings. The third-order valence-corrected chi connectivity index (χ3v) is 2.28. The van der Waals surface area contributed by atoms with Crippen molar-refractivity contribution in [2.75, 3.05) is 13.1 Å². The molecule has 0 radical (unpaired) electrons. The van der Waals surface area contributed by atoms with Crippen molar-refractivity contribution in [1.29, 1.82) is 0 Å². The molecule has 0 fully saturated rings. The minimum absolute atomic E-state index is 0.486. The van der Waals surface area contributed by atoms with Crippen molar-refractivity contribution in [1.82, 2.24) is 4.90 Å². The Bertz CT molecular complexity index is 258. The molecule has 1 heterocycles. The molecule has 1 aromatic rings. The summed E-state index contributed by atoms with van der Waals surface area (Å²) in [6.07, 6.45) is 1.18. The maximum Gasteiger partial charge on any atom is 0.118 e. The molecular formula is C11H20N2O. The molecule has 3 nitrogen and oxygen atoms in total. The van der Waals surface area contributed by atoms with E-state index in [9.17, 15) is 0 Å². The molecule has 0 saturated carbocycles. The normalized spacial score (nSPS) is 11.1. The highest BCUT2D eigenvalue weighted by Gasteiger charge is 2.05. The number of nitrogens with zero attached hydrogens (tertiary/aromatic N) is 1. The molecule has 0 aliphatic carbocycles. The number of nitrogens with two attached hydrogens (primary N) is 1. The molecular weight excluding hydrogens is 176 g/mol. The van der Waals surface area contributed by atoms with Gasteiger partial charge in [-0.25, -0.2) is 0 Å². The van der Waals surface area contributed by atoms with Gasteiger partial charge in [0.05, 0.1) is 13.1 Å². The van der Waals surface area contributed by atoms with Crippen LogP contribution in [0.3, 0.4) is 0 Å². The second kappa shape index (κ2) is 5.83. The topological polar surface area (TPSA) is 42.4 Å². The second-order valence-corrected chi connectivity index (χ2v) is 3.44. The van der Waals surface area contributed by atoms with Crippen molar-refractivity contribution in [2.45, 2.75) is 33.4 Å². The lowest BCUT2D eigenvalue weighted by Crippen LogP contribution is -2.23. The van der Waals surface area contributed by atoms with E-state index in [1.807, 2.05) is 12.1 Å². The molecule has 0 aliphatic heterocycles. The number of hydrogen-bond acceptors (Lipinski definition) is 3. The third kappa shape index (κ3) is 3.16. The van der Waals surface area contributed by atoms with Gasteiger partial charge in [-0.15, -0.1) is 0 Å². The average Bonchev–Trinajstić information content (AvgIpc) is 2.65. The Morgan fingerprint density at radius 2 is 2.00 bits per heavy atom. The van der Waals surface area contributed by atoms with Crippen molar-refractivity contribution in [3.63, 3.8) is 0 Å². The molecule has 1 aromatic heterocycles. The van der Waals surface area contributed by atoms with Gasteiger partial charge < -0.3 is 10.2 Å². The lowest BCUT2D eigenvalue weighted by molar-refractivity contribution is 0.253. The predicted molar refractivity (Wildman–Crippen MR) is 57.8 cm³/mol. The van der Waals surface area contributed by atoms with Crippen molar-refractivity contribution >= 4 is 0 Å². The largest absolute Gasteiger partial charge is 0.463 e. The standard InChI is InChI=1S/C11H20N2O/c1-3-7-13(4-2)9-11-6-5-10(8-12)14-11/h5-6H,3-4,7-9,12H2,1-2H3. The quantitative estimate of drug-likeness (QED) is 0.756. The van der Waals surface area contributed by atoms with Crippen molar-refractivity contribution in [3.8, 4) is 0 Å². The van der Waals surface area contributed by atoms with Crippen LogP contribution in [0, 0.1) is 0 Å². The van der Waals surface area contributed by atoms with Gasteiger partial charge >= 0.3 is 0 Å². The van der Waals surface area contributed by atoms with E-state index in [0.29, 0.717) is 6.54 Å². The molecule has 3 heteroatoms. The number of furan rings is 1. The fourth-order valence-corrected chi connectivity index (χ4v) is 1.50. The third-order valence-electron chi connectivity index (χ3n) is 2.28. The molecule has 2 N–H and O–H groups in total. The van der Waals surface area contributed by atoms with Crippen LogP contribution in [0.2, 0.25) is 0 Å². The number of hydrogen-bond donors (Lipinski definition) is 1. The van der Waals surface area contributed by atoms with E-state index in [-0.39, 0.29) is 0 Å². The minimum atomic E-state index is 0.486. The molecule has 14 heavy (non-hydrogen) atoms. The lowest BCUT2D eigenvalue weighted by atomic mass is 10.3. The Balaban J connectivity index is 2.48. The highest BCUT2D eigenvalue weighted by Crippen LogP contribution is 2.10. The van der Waals surface area contributed by atoms with E-state index in [0.717, 1.165) is 31.2 Å². The summed E-state index contributed by atoms with van der Waals surface area (Å²) in [4.78, 5) is 2.36. The van der Waals surface area contributed by atoms with E-state index in [1.165, 1.54) is 6.42 Å². The van der Waals surface area contributed by atoms with Gasteiger partial charge in [0.2, 0.25) is 0 Å². The molecule has 0 amide bonds. The van der Waals surface area contributed by atoms with Crippen molar-refractivity contribution < 1.29 is 4.42 Å². The highest BCUT2D eigenvalue weighted by atomic mass is 16.3. The first kappa shape index (κ1) is 11.3. The monoisotopic (exact) mass is 196 g/mol. The first-order valence-corrected chi connectivity index (χ1v) is 5.30. The zero-order valence-electron chi connectivity index (χ0n) is 9.12. The van der Waals surface area contributed by atoms with Crippen LogP contribution in [0.15, 0.2) is 16.5 Å². The second-order valence-electron chi connectivity index (χ2n) is 3.44. The maximum atomic E-state index is 5.54. The molecule has 1 rings (SSSR count). The van der Waals surface area contributed by atoms with Crippen LogP contribution in [0.25, 0.3) is 0 Å². The summed E-state index contributed by atoms with van der Waals surface area (Å²) in [5.74, 6) is 1.88. The fourth-order valence-electron chi connectivity index (χ4n) is 1.50. The number of rotatable bonds is 6. The zero-order chi connectivity index (χ0) is 10.4. The van der Waals surface area contributed by atoms with E-state index >= 15 is 0 Å². The highest BCUT2D eigenvalue weighted by molar-refractivity contribution is 5.06. The van der Waals surface area contributed by atoms with Gasteiger partial charge in [-0.2, -0.15) is 0 Å². The summed E-state index contributed by atoms with van der Waals surface area (Å²) < 4.78 is 5.54. The van der Waals surface area contributed by atoms with Crippen LogP contribution in [-0.4, -0.2) is 18.0 Å². The van der Waals surface area contributed by atoms with Gasteiger partial charge in [-0.05, 0) is 31.6 Å². The van der Waals surface area contributed by atoms with Crippen LogP contribution in [0.5, 0.6) is 0 Å². The molecule has 0 unspecified atom stereocenters. The average molecular weight is 196 g/mol.